The normalized spacial score (nSPS) is 18.3. The van der Waals surface area contributed by atoms with Gasteiger partial charge in [0.25, 0.3) is 16.6 Å². The Balaban J connectivity index is 1.62. The first-order valence-corrected chi connectivity index (χ1v) is 19.5. The van der Waals surface area contributed by atoms with Crippen molar-refractivity contribution in [1.29, 1.82) is 0 Å². The summed E-state index contributed by atoms with van der Waals surface area (Å²) in [6.45, 7) is 18.3. The van der Waals surface area contributed by atoms with Crippen molar-refractivity contribution in [2.45, 2.75) is 76.7 Å². The lowest BCUT2D eigenvalue weighted by Gasteiger charge is -2.49. The second kappa shape index (κ2) is 12.6. The standard InChI is InChI=1S/C39H46O3Si2/c1-30-36(41-43(38(2,3)4,32-20-12-8-13-21-32)33-22-14-9-15-23-33)28-31(40)29-37(30)42-44(39(5,6)7,34-24-16-10-17-25-34)35-26-18-11-19-27-35/h8-27,36-37H,1,28-29H2,2-7H3/t36-,37?/m1/s1. The largest absolute Gasteiger partial charge is 0.400 e. The SMILES string of the molecule is C=C1C(O[Si](c2ccccc2)(c2ccccc2)C(C)(C)C)CC(=O)C[C@H]1O[Si](c1ccccc1)(c1ccccc1)C(C)(C)C. The second-order valence-corrected chi connectivity index (χ2v) is 22.6. The maximum absolute atomic E-state index is 13.7. The van der Waals surface area contributed by atoms with Crippen LogP contribution in [-0.4, -0.2) is 34.6 Å². The zero-order valence-electron chi connectivity index (χ0n) is 27.0. The van der Waals surface area contributed by atoms with Crippen LogP contribution in [0.25, 0.3) is 0 Å². The maximum Gasteiger partial charge on any atom is 0.261 e. The molecule has 3 nitrogen and oxygen atoms in total. The summed E-state index contributed by atoms with van der Waals surface area (Å²) in [5, 5.41) is 4.32. The van der Waals surface area contributed by atoms with Gasteiger partial charge >= 0.3 is 0 Å². The number of carbonyl (C=O) groups is 1. The van der Waals surface area contributed by atoms with Gasteiger partial charge in [-0.1, -0.05) is 169 Å². The molecule has 228 valence electrons. The Hall–Kier alpha value is -3.36. The van der Waals surface area contributed by atoms with Crippen LogP contribution in [0.3, 0.4) is 0 Å². The zero-order valence-corrected chi connectivity index (χ0v) is 29.0. The summed E-state index contributed by atoms with van der Waals surface area (Å²) in [6, 6.07) is 42.4. The summed E-state index contributed by atoms with van der Waals surface area (Å²) >= 11 is 0. The highest BCUT2D eigenvalue weighted by atomic mass is 28.4. The first-order chi connectivity index (χ1) is 20.9. The van der Waals surface area contributed by atoms with E-state index in [1.54, 1.807) is 0 Å². The fraction of sp³-hybridized carbons (Fsp3) is 0.308. The molecule has 2 atom stereocenters. The van der Waals surface area contributed by atoms with Crippen molar-refractivity contribution in [3.8, 4) is 0 Å². The third kappa shape index (κ3) is 5.86. The van der Waals surface area contributed by atoms with Crippen molar-refractivity contribution in [3.05, 3.63) is 133 Å². The van der Waals surface area contributed by atoms with Crippen LogP contribution >= 0.6 is 0 Å². The molecule has 0 heterocycles. The van der Waals surface area contributed by atoms with E-state index >= 15 is 0 Å². The van der Waals surface area contributed by atoms with E-state index in [1.165, 1.54) is 20.7 Å². The van der Waals surface area contributed by atoms with Crippen molar-refractivity contribution in [2.24, 2.45) is 0 Å². The van der Waals surface area contributed by atoms with Gasteiger partial charge in [0.15, 0.2) is 0 Å². The Morgan fingerprint density at radius 2 is 0.773 bits per heavy atom. The van der Waals surface area contributed by atoms with Crippen molar-refractivity contribution in [2.75, 3.05) is 0 Å². The molecule has 1 fully saturated rings. The number of rotatable bonds is 8. The molecule has 0 saturated heterocycles. The van der Waals surface area contributed by atoms with Crippen LogP contribution in [0, 0.1) is 0 Å². The molecule has 1 unspecified atom stereocenters. The molecule has 0 bridgehead atoms. The highest BCUT2D eigenvalue weighted by Crippen LogP contribution is 2.43. The predicted octanol–water partition coefficient (Wildman–Crippen LogP) is 6.80. The van der Waals surface area contributed by atoms with E-state index in [1.807, 2.05) is 24.3 Å². The van der Waals surface area contributed by atoms with Crippen LogP contribution in [0.4, 0.5) is 0 Å². The first kappa shape index (κ1) is 32.0. The molecule has 0 aromatic heterocycles. The fourth-order valence-electron chi connectivity index (χ4n) is 7.01. The number of carbonyl (C=O) groups excluding carboxylic acids is 1. The van der Waals surface area contributed by atoms with Crippen LogP contribution in [0.15, 0.2) is 133 Å². The Morgan fingerprint density at radius 1 is 0.523 bits per heavy atom. The molecular weight excluding hydrogens is 573 g/mol. The average molecular weight is 619 g/mol. The van der Waals surface area contributed by atoms with E-state index < -0.39 is 28.8 Å². The Bertz CT molecular complexity index is 1360. The van der Waals surface area contributed by atoms with Gasteiger partial charge in [0, 0.05) is 12.8 Å². The number of ketones is 1. The molecular formula is C39H46O3Si2. The molecule has 1 aliphatic rings. The third-order valence-electron chi connectivity index (χ3n) is 9.12. The minimum Gasteiger partial charge on any atom is -0.400 e. The minimum absolute atomic E-state index is 0.156. The molecule has 5 heteroatoms. The molecule has 0 amide bonds. The summed E-state index contributed by atoms with van der Waals surface area (Å²) in [7, 11) is -5.84. The van der Waals surface area contributed by atoms with Gasteiger partial charge in [-0.3, -0.25) is 4.79 Å². The lowest BCUT2D eigenvalue weighted by Crippen LogP contribution is -2.69. The predicted molar refractivity (Wildman–Crippen MR) is 188 cm³/mol. The summed E-state index contributed by atoms with van der Waals surface area (Å²) < 4.78 is 15.0. The van der Waals surface area contributed by atoms with Crippen molar-refractivity contribution in [1.82, 2.24) is 0 Å². The molecule has 44 heavy (non-hydrogen) atoms. The maximum atomic E-state index is 13.7. The van der Waals surface area contributed by atoms with Gasteiger partial charge in [0.1, 0.15) is 5.78 Å². The van der Waals surface area contributed by atoms with Crippen LogP contribution in [0.2, 0.25) is 10.1 Å². The van der Waals surface area contributed by atoms with Gasteiger partial charge in [-0.15, -0.1) is 0 Å². The molecule has 5 rings (SSSR count). The highest BCUT2D eigenvalue weighted by Gasteiger charge is 2.55. The van der Waals surface area contributed by atoms with Crippen LogP contribution in [-0.2, 0) is 13.6 Å². The highest BCUT2D eigenvalue weighted by molar-refractivity contribution is 7.00. The van der Waals surface area contributed by atoms with E-state index in [9.17, 15) is 4.79 Å². The summed E-state index contributed by atoms with van der Waals surface area (Å²) in [4.78, 5) is 13.7. The molecule has 0 radical (unpaired) electrons. The van der Waals surface area contributed by atoms with E-state index in [4.69, 9.17) is 8.85 Å². The van der Waals surface area contributed by atoms with Gasteiger partial charge < -0.3 is 8.85 Å². The summed E-state index contributed by atoms with van der Waals surface area (Å²) in [5.41, 5.74) is 0.866. The molecule has 4 aromatic carbocycles. The zero-order chi connectivity index (χ0) is 31.6. The van der Waals surface area contributed by atoms with Crippen LogP contribution < -0.4 is 20.7 Å². The second-order valence-electron chi connectivity index (χ2n) is 14.1. The summed E-state index contributed by atoms with van der Waals surface area (Å²) in [6.07, 6.45) is -0.287. The van der Waals surface area contributed by atoms with Gasteiger partial charge in [-0.2, -0.15) is 0 Å². The van der Waals surface area contributed by atoms with E-state index in [0.29, 0.717) is 12.8 Å². The quantitative estimate of drug-likeness (QED) is 0.161. The lowest BCUT2D eigenvalue weighted by molar-refractivity contribution is -0.123. The smallest absolute Gasteiger partial charge is 0.261 e. The van der Waals surface area contributed by atoms with Crippen molar-refractivity contribution >= 4 is 43.2 Å². The topological polar surface area (TPSA) is 35.5 Å². The van der Waals surface area contributed by atoms with Crippen molar-refractivity contribution in [3.63, 3.8) is 0 Å². The van der Waals surface area contributed by atoms with Crippen molar-refractivity contribution < 1.29 is 13.6 Å². The van der Waals surface area contributed by atoms with E-state index in [2.05, 4.69) is 145 Å². The van der Waals surface area contributed by atoms with E-state index in [0.717, 1.165) is 5.57 Å². The van der Waals surface area contributed by atoms with Gasteiger partial charge in [-0.25, -0.2) is 0 Å². The molecule has 4 aromatic rings. The number of benzene rings is 4. The summed E-state index contributed by atoms with van der Waals surface area (Å²) in [5.74, 6) is 0.156. The Kier molecular flexibility index (Phi) is 9.15. The lowest BCUT2D eigenvalue weighted by atomic mass is 9.90. The third-order valence-corrected chi connectivity index (χ3v) is 19.2. The van der Waals surface area contributed by atoms with Gasteiger partial charge in [0.2, 0.25) is 0 Å². The van der Waals surface area contributed by atoms with Crippen LogP contribution in [0.1, 0.15) is 54.4 Å². The number of hydrogen-bond acceptors (Lipinski definition) is 3. The fourth-order valence-corrected chi connectivity index (χ4v) is 16.4. The average Bonchev–Trinajstić information content (AvgIpc) is 3.01. The molecule has 1 saturated carbocycles. The van der Waals surface area contributed by atoms with E-state index in [-0.39, 0.29) is 15.9 Å². The molecule has 1 aliphatic carbocycles. The molecule has 0 N–H and O–H groups in total. The van der Waals surface area contributed by atoms with Gasteiger partial charge in [-0.05, 0) is 36.4 Å². The van der Waals surface area contributed by atoms with Gasteiger partial charge in [0.05, 0.1) is 12.2 Å². The molecule has 0 spiro atoms. The Morgan fingerprint density at radius 3 is 1.00 bits per heavy atom. The monoisotopic (exact) mass is 618 g/mol. The number of hydrogen-bond donors (Lipinski definition) is 0. The minimum atomic E-state index is -2.92. The molecule has 0 aliphatic heterocycles. The first-order valence-electron chi connectivity index (χ1n) is 15.7. The van der Waals surface area contributed by atoms with Crippen LogP contribution in [0.5, 0.6) is 0 Å². The Labute approximate surface area is 266 Å². The number of Topliss-reactive ketones (excluding diaryl/α,β-unsaturated/α-hetero) is 1.